The van der Waals surface area contributed by atoms with Crippen molar-refractivity contribution in [3.8, 4) is 0 Å². The molecule has 1 saturated carbocycles. The Labute approximate surface area is 207 Å². The lowest BCUT2D eigenvalue weighted by atomic mass is 9.92. The minimum atomic E-state index is -0.368. The fourth-order valence-electron chi connectivity index (χ4n) is 4.19. The van der Waals surface area contributed by atoms with Gasteiger partial charge in [0.15, 0.2) is 17.2 Å². The lowest BCUT2D eigenvalue weighted by Gasteiger charge is -2.27. The number of aromatic nitrogens is 6. The van der Waals surface area contributed by atoms with E-state index in [0.717, 1.165) is 31.4 Å². The summed E-state index contributed by atoms with van der Waals surface area (Å²) in [6, 6.07) is 7.58. The normalized spacial score (nSPS) is 17.9. The van der Waals surface area contributed by atoms with Gasteiger partial charge in [0.1, 0.15) is 11.0 Å². The average molecular weight is 495 g/mol. The number of nitrogens with two attached hydrogens (primary N) is 1. The van der Waals surface area contributed by atoms with Crippen LogP contribution < -0.4 is 21.7 Å². The van der Waals surface area contributed by atoms with Gasteiger partial charge in [0, 0.05) is 48.8 Å². The van der Waals surface area contributed by atoms with E-state index >= 15 is 0 Å². The zero-order valence-electron chi connectivity index (χ0n) is 19.5. The number of nitrogens with zero attached hydrogens (tertiary/aromatic N) is 6. The van der Waals surface area contributed by atoms with Crippen LogP contribution in [-0.2, 0) is 7.05 Å². The van der Waals surface area contributed by atoms with E-state index in [1.807, 2.05) is 26.1 Å². The Morgan fingerprint density at radius 2 is 1.91 bits per heavy atom. The molecule has 11 nitrogen and oxygen atoms in total. The molecule has 1 amide bonds. The van der Waals surface area contributed by atoms with Gasteiger partial charge in [-0.1, -0.05) is 11.6 Å². The van der Waals surface area contributed by atoms with Crippen LogP contribution in [0.4, 0.5) is 23.0 Å². The lowest BCUT2D eigenvalue weighted by Crippen LogP contribution is -2.33. The number of hydrogen-bond donors (Lipinski definition) is 4. The van der Waals surface area contributed by atoms with Gasteiger partial charge in [-0.25, -0.2) is 14.5 Å². The summed E-state index contributed by atoms with van der Waals surface area (Å²) < 4.78 is 3.32. The van der Waals surface area contributed by atoms with Crippen LogP contribution in [-0.4, -0.2) is 47.4 Å². The Bertz CT molecular complexity index is 1350. The van der Waals surface area contributed by atoms with Gasteiger partial charge in [-0.3, -0.25) is 9.48 Å². The quantitative estimate of drug-likeness (QED) is 0.298. The summed E-state index contributed by atoms with van der Waals surface area (Å²) in [6.07, 6.45) is 6.88. The second-order valence-corrected chi connectivity index (χ2v) is 9.21. The standard InChI is InChI=1S/C23H27ClN10O/c1-13-9-20(31-33(13)2)30-17-11-21(28-15-5-3-14(25)4-6-15)32-34-18(12-27-22(17)34)23(35)29-16-7-8-26-19(24)10-16/h7-12,14-15H,3-6,25H2,1-2H3,(H,28,32)(H,30,31)(H,26,29,35). The molecule has 0 spiro atoms. The van der Waals surface area contributed by atoms with Crippen LogP contribution in [0.15, 0.2) is 36.7 Å². The maximum Gasteiger partial charge on any atom is 0.276 e. The van der Waals surface area contributed by atoms with Gasteiger partial charge in [0.05, 0.1) is 11.9 Å². The fraction of sp³-hybridized carbons (Fsp3) is 0.348. The van der Waals surface area contributed by atoms with Crippen LogP contribution in [0.1, 0.15) is 41.9 Å². The highest BCUT2D eigenvalue weighted by molar-refractivity contribution is 6.29. The van der Waals surface area contributed by atoms with Gasteiger partial charge in [0.25, 0.3) is 5.91 Å². The number of aryl methyl sites for hydroxylation is 2. The molecule has 0 bridgehead atoms. The van der Waals surface area contributed by atoms with Crippen molar-refractivity contribution in [1.29, 1.82) is 0 Å². The van der Waals surface area contributed by atoms with E-state index in [0.29, 0.717) is 28.7 Å². The van der Waals surface area contributed by atoms with E-state index in [-0.39, 0.29) is 28.8 Å². The zero-order chi connectivity index (χ0) is 24.5. The van der Waals surface area contributed by atoms with E-state index in [4.69, 9.17) is 22.4 Å². The fourth-order valence-corrected chi connectivity index (χ4v) is 4.37. The van der Waals surface area contributed by atoms with Crippen molar-refractivity contribution in [2.75, 3.05) is 16.0 Å². The van der Waals surface area contributed by atoms with E-state index in [2.05, 4.69) is 31.0 Å². The van der Waals surface area contributed by atoms with Crippen molar-refractivity contribution in [1.82, 2.24) is 29.4 Å². The lowest BCUT2D eigenvalue weighted by molar-refractivity contribution is 0.102. The molecular formula is C23H27ClN10O. The number of carbonyl (C=O) groups excluding carboxylic acids is 1. The molecule has 0 saturated heterocycles. The summed E-state index contributed by atoms with van der Waals surface area (Å²) in [5.74, 6) is 0.938. The molecule has 0 atom stereocenters. The predicted octanol–water partition coefficient (Wildman–Crippen LogP) is 3.50. The molecule has 0 unspecified atom stereocenters. The third kappa shape index (κ3) is 5.05. The number of nitrogens with one attached hydrogen (secondary N) is 3. The summed E-state index contributed by atoms with van der Waals surface area (Å²) in [4.78, 5) is 21.5. The number of halogens is 1. The Morgan fingerprint density at radius 3 is 2.63 bits per heavy atom. The molecule has 182 valence electrons. The first kappa shape index (κ1) is 23.1. The molecule has 0 aliphatic heterocycles. The third-order valence-electron chi connectivity index (χ3n) is 6.19. The van der Waals surface area contributed by atoms with E-state index in [1.54, 1.807) is 16.8 Å². The zero-order valence-corrected chi connectivity index (χ0v) is 20.3. The van der Waals surface area contributed by atoms with Gasteiger partial charge < -0.3 is 21.7 Å². The Kier molecular flexibility index (Phi) is 6.27. The van der Waals surface area contributed by atoms with Gasteiger partial charge in [0.2, 0.25) is 0 Å². The highest BCUT2D eigenvalue weighted by atomic mass is 35.5. The number of carbonyl (C=O) groups is 1. The number of fused-ring (bicyclic) bond motifs is 1. The van der Waals surface area contributed by atoms with E-state index < -0.39 is 0 Å². The van der Waals surface area contributed by atoms with Crippen molar-refractivity contribution in [2.45, 2.75) is 44.7 Å². The van der Waals surface area contributed by atoms with Crippen LogP contribution in [0, 0.1) is 6.92 Å². The van der Waals surface area contributed by atoms with Crippen molar-refractivity contribution in [2.24, 2.45) is 12.8 Å². The topological polar surface area (TPSA) is 140 Å². The first-order chi connectivity index (χ1) is 16.9. The van der Waals surface area contributed by atoms with Gasteiger partial charge in [-0.2, -0.15) is 5.10 Å². The van der Waals surface area contributed by atoms with Gasteiger partial charge >= 0.3 is 0 Å². The monoisotopic (exact) mass is 494 g/mol. The highest BCUT2D eigenvalue weighted by Crippen LogP contribution is 2.27. The number of rotatable bonds is 6. The van der Waals surface area contributed by atoms with Crippen molar-refractivity contribution < 1.29 is 4.79 Å². The largest absolute Gasteiger partial charge is 0.366 e. The number of amides is 1. The molecule has 1 aliphatic carbocycles. The van der Waals surface area contributed by atoms with Crippen LogP contribution >= 0.6 is 11.6 Å². The molecule has 12 heteroatoms. The van der Waals surface area contributed by atoms with E-state index in [1.165, 1.54) is 16.9 Å². The minimum Gasteiger partial charge on any atom is -0.366 e. The number of imidazole rings is 1. The molecule has 0 radical (unpaired) electrons. The first-order valence-corrected chi connectivity index (χ1v) is 11.8. The van der Waals surface area contributed by atoms with Gasteiger partial charge in [-0.05, 0) is 44.7 Å². The predicted molar refractivity (Wildman–Crippen MR) is 135 cm³/mol. The SMILES string of the molecule is Cc1cc(Nc2cc(NC3CCC(N)CC3)nn3c(C(=O)Nc4ccnc(Cl)c4)cnc23)nn1C. The Morgan fingerprint density at radius 1 is 1.11 bits per heavy atom. The van der Waals surface area contributed by atoms with E-state index in [9.17, 15) is 4.79 Å². The summed E-state index contributed by atoms with van der Waals surface area (Å²) >= 11 is 5.96. The van der Waals surface area contributed by atoms with Crippen molar-refractivity contribution >= 4 is 46.2 Å². The summed E-state index contributed by atoms with van der Waals surface area (Å²) in [5.41, 5.74) is 9.07. The summed E-state index contributed by atoms with van der Waals surface area (Å²) in [7, 11) is 1.88. The van der Waals surface area contributed by atoms with Crippen LogP contribution in [0.3, 0.4) is 0 Å². The molecule has 1 fully saturated rings. The maximum atomic E-state index is 13.1. The minimum absolute atomic E-state index is 0.249. The number of pyridine rings is 1. The molecule has 1 aliphatic rings. The Balaban J connectivity index is 1.50. The molecule has 4 aromatic heterocycles. The molecule has 5 rings (SSSR count). The maximum absolute atomic E-state index is 13.1. The van der Waals surface area contributed by atoms with Crippen molar-refractivity contribution in [3.63, 3.8) is 0 Å². The number of anilines is 4. The number of hydrogen-bond acceptors (Lipinski definition) is 8. The molecule has 4 aromatic rings. The third-order valence-corrected chi connectivity index (χ3v) is 6.39. The summed E-state index contributed by atoms with van der Waals surface area (Å²) in [5, 5.41) is 19.1. The first-order valence-electron chi connectivity index (χ1n) is 11.5. The molecule has 4 heterocycles. The average Bonchev–Trinajstić information content (AvgIpc) is 3.38. The van der Waals surface area contributed by atoms with Crippen LogP contribution in [0.2, 0.25) is 5.15 Å². The molecule has 35 heavy (non-hydrogen) atoms. The smallest absolute Gasteiger partial charge is 0.276 e. The second-order valence-electron chi connectivity index (χ2n) is 8.82. The summed E-state index contributed by atoms with van der Waals surface area (Å²) in [6.45, 7) is 1.98. The molecular weight excluding hydrogens is 468 g/mol. The van der Waals surface area contributed by atoms with Crippen molar-refractivity contribution in [3.05, 3.63) is 53.2 Å². The second kappa shape index (κ2) is 9.51. The van der Waals surface area contributed by atoms with Gasteiger partial charge in [-0.15, -0.1) is 5.10 Å². The Hall–Kier alpha value is -3.70. The molecule has 5 N–H and O–H groups in total. The van der Waals surface area contributed by atoms with Crippen LogP contribution in [0.5, 0.6) is 0 Å². The highest BCUT2D eigenvalue weighted by Gasteiger charge is 2.22. The molecule has 0 aromatic carbocycles. The van der Waals surface area contributed by atoms with Crippen LogP contribution in [0.25, 0.3) is 5.65 Å².